The van der Waals surface area contributed by atoms with E-state index in [0.717, 1.165) is 28.7 Å². The second-order valence-electron chi connectivity index (χ2n) is 6.12. The zero-order chi connectivity index (χ0) is 15.4. The molecule has 0 atom stereocenters. The fourth-order valence-corrected chi connectivity index (χ4v) is 2.92. The lowest BCUT2D eigenvalue weighted by Crippen LogP contribution is -2.26. The third kappa shape index (κ3) is 3.56. The summed E-state index contributed by atoms with van der Waals surface area (Å²) in [5.74, 6) is 2.45. The summed E-state index contributed by atoms with van der Waals surface area (Å²) in [6.45, 7) is 2.33. The fourth-order valence-electron chi connectivity index (χ4n) is 2.92. The average molecular weight is 297 g/mol. The second-order valence-corrected chi connectivity index (χ2v) is 6.12. The van der Waals surface area contributed by atoms with Gasteiger partial charge in [-0.3, -0.25) is 0 Å². The summed E-state index contributed by atoms with van der Waals surface area (Å²) in [4.78, 5) is 8.91. The van der Waals surface area contributed by atoms with Gasteiger partial charge >= 0.3 is 0 Å². The van der Waals surface area contributed by atoms with E-state index >= 15 is 0 Å². The van der Waals surface area contributed by atoms with Crippen molar-refractivity contribution < 1.29 is 4.74 Å². The molecule has 1 aromatic heterocycles. The van der Waals surface area contributed by atoms with Gasteiger partial charge in [0.15, 0.2) is 0 Å². The van der Waals surface area contributed by atoms with Crippen molar-refractivity contribution in [2.75, 3.05) is 12.4 Å². The fraction of sp³-hybridized carbons (Fsp3) is 0.444. The van der Waals surface area contributed by atoms with Gasteiger partial charge in [-0.15, -0.1) is 0 Å². The van der Waals surface area contributed by atoms with Crippen LogP contribution in [0.15, 0.2) is 36.7 Å². The minimum atomic E-state index is 0.517. The molecule has 1 aliphatic carbocycles. The van der Waals surface area contributed by atoms with Crippen molar-refractivity contribution in [2.24, 2.45) is 5.92 Å². The zero-order valence-corrected chi connectivity index (χ0v) is 13.2. The maximum atomic E-state index is 5.17. The van der Waals surface area contributed by atoms with Crippen molar-refractivity contribution in [1.29, 1.82) is 0 Å². The third-order valence-electron chi connectivity index (χ3n) is 4.42. The van der Waals surface area contributed by atoms with Crippen LogP contribution in [0.5, 0.6) is 5.75 Å². The summed E-state index contributed by atoms with van der Waals surface area (Å²) in [6, 6.07) is 8.46. The molecule has 116 valence electrons. The molecule has 1 fully saturated rings. The Bertz CT molecular complexity index is 587. The molecule has 0 amide bonds. The van der Waals surface area contributed by atoms with E-state index in [1.54, 1.807) is 7.11 Å². The van der Waals surface area contributed by atoms with Crippen LogP contribution in [0.1, 0.15) is 32.6 Å². The summed E-state index contributed by atoms with van der Waals surface area (Å²) in [5, 5.41) is 3.46. The van der Waals surface area contributed by atoms with E-state index in [-0.39, 0.29) is 0 Å². The van der Waals surface area contributed by atoms with Crippen molar-refractivity contribution in [3.63, 3.8) is 0 Å². The van der Waals surface area contributed by atoms with Crippen LogP contribution >= 0.6 is 0 Å². The van der Waals surface area contributed by atoms with E-state index in [4.69, 9.17) is 4.74 Å². The number of ether oxygens (including phenoxy) is 1. The van der Waals surface area contributed by atoms with Gasteiger partial charge in [-0.05, 0) is 49.3 Å². The highest BCUT2D eigenvalue weighted by Gasteiger charge is 2.18. The van der Waals surface area contributed by atoms with Gasteiger partial charge in [0.2, 0.25) is 5.95 Å². The van der Waals surface area contributed by atoms with Crippen molar-refractivity contribution in [3.05, 3.63) is 36.7 Å². The van der Waals surface area contributed by atoms with Gasteiger partial charge in [0, 0.05) is 24.0 Å². The molecule has 2 aromatic rings. The van der Waals surface area contributed by atoms with Crippen molar-refractivity contribution in [3.8, 4) is 16.9 Å². The summed E-state index contributed by atoms with van der Waals surface area (Å²) in [5.41, 5.74) is 2.12. The standard InChI is InChI=1S/C18H23N3O/c1-13-3-7-16(8-4-13)21-18-19-11-15(12-20-18)14-5-9-17(22-2)10-6-14/h5-6,9-13,16H,3-4,7-8H2,1-2H3,(H,19,20,21). The first kappa shape index (κ1) is 14.8. The monoisotopic (exact) mass is 297 g/mol. The molecular weight excluding hydrogens is 274 g/mol. The van der Waals surface area contributed by atoms with E-state index in [1.807, 2.05) is 36.7 Å². The lowest BCUT2D eigenvalue weighted by atomic mass is 9.87. The molecule has 1 aliphatic rings. The topological polar surface area (TPSA) is 47.0 Å². The van der Waals surface area contributed by atoms with Crippen molar-refractivity contribution >= 4 is 5.95 Å². The highest BCUT2D eigenvalue weighted by molar-refractivity contribution is 5.62. The normalized spacial score (nSPS) is 21.4. The van der Waals surface area contributed by atoms with Gasteiger partial charge in [-0.25, -0.2) is 9.97 Å². The maximum absolute atomic E-state index is 5.17. The summed E-state index contributed by atoms with van der Waals surface area (Å²) in [7, 11) is 1.67. The number of anilines is 1. The molecule has 4 nitrogen and oxygen atoms in total. The predicted molar refractivity (Wildman–Crippen MR) is 89.1 cm³/mol. The van der Waals surface area contributed by atoms with Gasteiger partial charge in [0.1, 0.15) is 5.75 Å². The van der Waals surface area contributed by atoms with E-state index in [2.05, 4.69) is 22.2 Å². The molecule has 0 saturated heterocycles. The Balaban J connectivity index is 1.64. The molecule has 3 rings (SSSR count). The number of hydrogen-bond donors (Lipinski definition) is 1. The third-order valence-corrected chi connectivity index (χ3v) is 4.42. The number of methoxy groups -OCH3 is 1. The molecule has 4 heteroatoms. The Morgan fingerprint density at radius 3 is 2.18 bits per heavy atom. The maximum Gasteiger partial charge on any atom is 0.222 e. The average Bonchev–Trinajstić information content (AvgIpc) is 2.58. The number of nitrogens with zero attached hydrogens (tertiary/aromatic N) is 2. The van der Waals surface area contributed by atoms with E-state index < -0.39 is 0 Å². The zero-order valence-electron chi connectivity index (χ0n) is 13.2. The van der Waals surface area contributed by atoms with Gasteiger partial charge in [0.25, 0.3) is 0 Å². The van der Waals surface area contributed by atoms with Crippen LogP contribution in [-0.4, -0.2) is 23.1 Å². The number of nitrogens with one attached hydrogen (secondary N) is 1. The number of benzene rings is 1. The van der Waals surface area contributed by atoms with E-state index in [9.17, 15) is 0 Å². The van der Waals surface area contributed by atoms with Crippen LogP contribution < -0.4 is 10.1 Å². The van der Waals surface area contributed by atoms with Crippen LogP contribution in [0, 0.1) is 5.92 Å². The Morgan fingerprint density at radius 2 is 1.59 bits per heavy atom. The molecular formula is C18H23N3O. The smallest absolute Gasteiger partial charge is 0.222 e. The minimum Gasteiger partial charge on any atom is -0.497 e. The van der Waals surface area contributed by atoms with Crippen LogP contribution in [0.4, 0.5) is 5.95 Å². The van der Waals surface area contributed by atoms with Crippen LogP contribution in [0.25, 0.3) is 11.1 Å². The lowest BCUT2D eigenvalue weighted by molar-refractivity contribution is 0.360. The Hall–Kier alpha value is -2.10. The molecule has 0 radical (unpaired) electrons. The first-order valence-corrected chi connectivity index (χ1v) is 7.97. The van der Waals surface area contributed by atoms with Crippen LogP contribution in [0.3, 0.4) is 0 Å². The molecule has 0 unspecified atom stereocenters. The molecule has 1 heterocycles. The van der Waals surface area contributed by atoms with Crippen LogP contribution in [-0.2, 0) is 0 Å². The molecule has 1 N–H and O–H groups in total. The van der Waals surface area contributed by atoms with Gasteiger partial charge < -0.3 is 10.1 Å². The molecule has 0 spiro atoms. The van der Waals surface area contributed by atoms with Gasteiger partial charge in [0.05, 0.1) is 7.11 Å². The summed E-state index contributed by atoms with van der Waals surface area (Å²) in [6.07, 6.45) is 8.77. The number of hydrogen-bond acceptors (Lipinski definition) is 4. The SMILES string of the molecule is COc1ccc(-c2cnc(NC3CCC(C)CC3)nc2)cc1. The molecule has 1 aromatic carbocycles. The van der Waals surface area contributed by atoms with Gasteiger partial charge in [-0.1, -0.05) is 19.1 Å². The molecule has 22 heavy (non-hydrogen) atoms. The Morgan fingerprint density at radius 1 is 0.955 bits per heavy atom. The predicted octanol–water partition coefficient (Wildman–Crippen LogP) is 4.14. The van der Waals surface area contributed by atoms with E-state index in [1.165, 1.54) is 25.7 Å². The number of aromatic nitrogens is 2. The summed E-state index contributed by atoms with van der Waals surface area (Å²) < 4.78 is 5.17. The first-order valence-electron chi connectivity index (χ1n) is 7.97. The van der Waals surface area contributed by atoms with Crippen molar-refractivity contribution in [2.45, 2.75) is 38.6 Å². The number of rotatable bonds is 4. The first-order chi connectivity index (χ1) is 10.7. The largest absolute Gasteiger partial charge is 0.497 e. The Kier molecular flexibility index (Phi) is 4.56. The Labute approximate surface area is 132 Å². The lowest BCUT2D eigenvalue weighted by Gasteiger charge is -2.26. The molecule has 0 bridgehead atoms. The summed E-state index contributed by atoms with van der Waals surface area (Å²) >= 11 is 0. The highest BCUT2D eigenvalue weighted by Crippen LogP contribution is 2.26. The molecule has 1 saturated carbocycles. The second kappa shape index (κ2) is 6.77. The quantitative estimate of drug-likeness (QED) is 0.921. The molecule has 0 aliphatic heterocycles. The van der Waals surface area contributed by atoms with Crippen LogP contribution in [0.2, 0.25) is 0 Å². The van der Waals surface area contributed by atoms with Gasteiger partial charge in [-0.2, -0.15) is 0 Å². The van der Waals surface area contributed by atoms with Crippen molar-refractivity contribution in [1.82, 2.24) is 9.97 Å². The minimum absolute atomic E-state index is 0.517. The van der Waals surface area contributed by atoms with E-state index in [0.29, 0.717) is 6.04 Å². The highest BCUT2D eigenvalue weighted by atomic mass is 16.5.